The van der Waals surface area contributed by atoms with Crippen LogP contribution in [0.3, 0.4) is 0 Å². The van der Waals surface area contributed by atoms with Gasteiger partial charge in [0.15, 0.2) is 0 Å². The number of hydrogen-bond donors (Lipinski definition) is 3. The Hall–Kier alpha value is -4.43. The van der Waals surface area contributed by atoms with Crippen LogP contribution in [0.15, 0.2) is 85.2 Å². The second kappa shape index (κ2) is 12.2. The van der Waals surface area contributed by atoms with E-state index in [0.717, 1.165) is 35.2 Å². The van der Waals surface area contributed by atoms with Gasteiger partial charge in [0, 0.05) is 54.1 Å². The third-order valence-electron chi connectivity index (χ3n) is 6.60. The zero-order valence-electron chi connectivity index (χ0n) is 21.2. The average molecular weight is 510 g/mol. The zero-order valence-corrected chi connectivity index (χ0v) is 21.2. The highest BCUT2D eigenvalue weighted by molar-refractivity contribution is 6.12. The lowest BCUT2D eigenvalue weighted by atomic mass is 10.1. The number of benzene rings is 3. The molecule has 8 heteroatoms. The molecule has 1 aliphatic rings. The molecule has 4 aromatic rings. The van der Waals surface area contributed by atoms with Gasteiger partial charge in [-0.2, -0.15) is 0 Å². The second-order valence-electron chi connectivity index (χ2n) is 9.30. The number of urea groups is 1. The van der Waals surface area contributed by atoms with E-state index in [-0.39, 0.29) is 11.9 Å². The van der Waals surface area contributed by atoms with E-state index in [2.05, 4.69) is 25.8 Å². The summed E-state index contributed by atoms with van der Waals surface area (Å²) in [6, 6.07) is 21.8. The van der Waals surface area contributed by atoms with Crippen molar-refractivity contribution in [3.8, 4) is 5.75 Å². The lowest BCUT2D eigenvalue weighted by Gasteiger charge is -2.26. The third kappa shape index (κ3) is 6.46. The van der Waals surface area contributed by atoms with Gasteiger partial charge in [-0.15, -0.1) is 0 Å². The molecule has 1 saturated heterocycles. The van der Waals surface area contributed by atoms with Gasteiger partial charge in [0.2, 0.25) is 0 Å². The topological polar surface area (TPSA) is 95.6 Å². The Labute approximate surface area is 222 Å². The van der Waals surface area contributed by atoms with Crippen molar-refractivity contribution >= 4 is 34.1 Å². The Bertz CT molecular complexity index is 1390. The van der Waals surface area contributed by atoms with Crippen LogP contribution in [-0.4, -0.2) is 41.6 Å². The summed E-state index contributed by atoms with van der Waals surface area (Å²) >= 11 is 0. The number of pyridine rings is 1. The van der Waals surface area contributed by atoms with Crippen molar-refractivity contribution in [2.75, 3.05) is 30.5 Å². The van der Waals surface area contributed by atoms with Crippen LogP contribution in [0.4, 0.5) is 16.2 Å². The lowest BCUT2D eigenvalue weighted by molar-refractivity contribution is 0.102. The van der Waals surface area contributed by atoms with Crippen molar-refractivity contribution in [3.05, 3.63) is 96.3 Å². The number of carbonyl (C=O) groups excluding carboxylic acids is 2. The van der Waals surface area contributed by atoms with Gasteiger partial charge in [0.1, 0.15) is 12.5 Å². The van der Waals surface area contributed by atoms with Gasteiger partial charge < -0.3 is 20.7 Å². The number of hydrogen-bond acceptors (Lipinski definition) is 5. The molecule has 3 amide bonds. The van der Waals surface area contributed by atoms with Crippen LogP contribution < -0.4 is 20.7 Å². The SMILES string of the molecule is O=C(NCc1ccncc1)Nc1ccc(NC(=O)c2ccc(OCN3CCCCC3)cc2)c2ccccc12. The van der Waals surface area contributed by atoms with Crippen LogP contribution in [0.25, 0.3) is 10.8 Å². The van der Waals surface area contributed by atoms with Crippen molar-refractivity contribution in [1.82, 2.24) is 15.2 Å². The number of nitrogens with zero attached hydrogens (tertiary/aromatic N) is 2. The molecule has 194 valence electrons. The quantitative estimate of drug-likeness (QED) is 0.286. The van der Waals surface area contributed by atoms with Crippen molar-refractivity contribution < 1.29 is 14.3 Å². The Balaban J connectivity index is 1.22. The van der Waals surface area contributed by atoms with Crippen LogP contribution in [0.1, 0.15) is 35.2 Å². The summed E-state index contributed by atoms with van der Waals surface area (Å²) in [6.45, 7) is 3.10. The van der Waals surface area contributed by atoms with Crippen LogP contribution in [0, 0.1) is 0 Å². The normalized spacial score (nSPS) is 13.6. The minimum absolute atomic E-state index is 0.214. The van der Waals surface area contributed by atoms with Crippen molar-refractivity contribution in [3.63, 3.8) is 0 Å². The maximum absolute atomic E-state index is 13.0. The molecule has 0 radical (unpaired) electrons. The van der Waals surface area contributed by atoms with Crippen LogP contribution >= 0.6 is 0 Å². The van der Waals surface area contributed by atoms with Crippen molar-refractivity contribution in [2.45, 2.75) is 25.8 Å². The van der Waals surface area contributed by atoms with Gasteiger partial charge in [-0.05, 0) is 66.9 Å². The van der Waals surface area contributed by atoms with Crippen molar-refractivity contribution in [1.29, 1.82) is 0 Å². The summed E-state index contributed by atoms with van der Waals surface area (Å²) in [5.41, 5.74) is 2.82. The third-order valence-corrected chi connectivity index (χ3v) is 6.60. The smallest absolute Gasteiger partial charge is 0.319 e. The molecule has 38 heavy (non-hydrogen) atoms. The predicted molar refractivity (Wildman–Crippen MR) is 149 cm³/mol. The number of likely N-dealkylation sites (tertiary alicyclic amines) is 1. The summed E-state index contributed by atoms with van der Waals surface area (Å²) in [4.78, 5) is 31.8. The molecular formula is C30H31N5O3. The highest BCUT2D eigenvalue weighted by atomic mass is 16.5. The highest BCUT2D eigenvalue weighted by Crippen LogP contribution is 2.30. The summed E-state index contributed by atoms with van der Waals surface area (Å²) < 4.78 is 5.90. The van der Waals surface area contributed by atoms with E-state index in [4.69, 9.17) is 4.74 Å². The molecule has 1 fully saturated rings. The van der Waals surface area contributed by atoms with E-state index in [9.17, 15) is 9.59 Å². The minimum Gasteiger partial charge on any atom is -0.478 e. The molecule has 0 unspecified atom stereocenters. The average Bonchev–Trinajstić information content (AvgIpc) is 2.97. The predicted octanol–water partition coefficient (Wildman–Crippen LogP) is 5.63. The molecule has 0 aliphatic carbocycles. The van der Waals surface area contributed by atoms with Crippen LogP contribution in [0.5, 0.6) is 5.75 Å². The summed E-state index contributed by atoms with van der Waals surface area (Å²) in [7, 11) is 0. The first-order chi connectivity index (χ1) is 18.7. The molecule has 8 nitrogen and oxygen atoms in total. The minimum atomic E-state index is -0.314. The molecule has 1 aromatic heterocycles. The first kappa shape index (κ1) is 25.2. The van der Waals surface area contributed by atoms with E-state index in [0.29, 0.717) is 30.2 Å². The number of fused-ring (bicyclic) bond motifs is 1. The Morgan fingerprint density at radius 2 is 1.45 bits per heavy atom. The standard InChI is InChI=1S/C30H31N5O3/c36-29(23-8-10-24(11-9-23)38-21-35-18-4-1-5-19-35)33-27-12-13-28(26-7-3-2-6-25(26)27)34-30(37)32-20-22-14-16-31-17-15-22/h2-3,6-17H,1,4-5,18-21H2,(H,33,36)(H2,32,34,37). The lowest BCUT2D eigenvalue weighted by Crippen LogP contribution is -2.33. The van der Waals surface area contributed by atoms with Gasteiger partial charge in [-0.3, -0.25) is 14.7 Å². The molecule has 0 saturated carbocycles. The summed E-state index contributed by atoms with van der Waals surface area (Å²) in [6.07, 6.45) is 7.10. The van der Waals surface area contributed by atoms with Gasteiger partial charge in [0.25, 0.3) is 5.91 Å². The van der Waals surface area contributed by atoms with Crippen LogP contribution in [-0.2, 0) is 6.54 Å². The maximum Gasteiger partial charge on any atom is 0.319 e. The van der Waals surface area contributed by atoms with E-state index in [1.165, 1.54) is 19.3 Å². The van der Waals surface area contributed by atoms with E-state index in [1.54, 1.807) is 36.7 Å². The fraction of sp³-hybridized carbons (Fsp3) is 0.233. The summed E-state index contributed by atoms with van der Waals surface area (Å²) in [5.74, 6) is 0.531. The first-order valence-corrected chi connectivity index (χ1v) is 12.9. The van der Waals surface area contributed by atoms with Crippen molar-refractivity contribution in [2.24, 2.45) is 0 Å². The molecule has 0 atom stereocenters. The number of carbonyl (C=O) groups is 2. The Morgan fingerprint density at radius 1 is 0.789 bits per heavy atom. The number of rotatable bonds is 8. The number of ether oxygens (including phenoxy) is 1. The number of amides is 3. The van der Waals surface area contributed by atoms with Gasteiger partial charge >= 0.3 is 6.03 Å². The summed E-state index contributed by atoms with van der Waals surface area (Å²) in [5, 5.41) is 10.4. The van der Waals surface area contributed by atoms with Crippen LogP contribution in [0.2, 0.25) is 0 Å². The maximum atomic E-state index is 13.0. The zero-order chi connectivity index (χ0) is 26.2. The molecule has 3 N–H and O–H groups in total. The van der Waals surface area contributed by atoms with E-state index >= 15 is 0 Å². The Morgan fingerprint density at radius 3 is 2.13 bits per heavy atom. The molecule has 2 heterocycles. The van der Waals surface area contributed by atoms with Gasteiger partial charge in [0.05, 0.1) is 5.69 Å². The second-order valence-corrected chi connectivity index (χ2v) is 9.30. The molecule has 0 spiro atoms. The number of aromatic nitrogens is 1. The number of piperidine rings is 1. The fourth-order valence-electron chi connectivity index (χ4n) is 4.52. The number of nitrogens with one attached hydrogen (secondary N) is 3. The monoisotopic (exact) mass is 509 g/mol. The van der Waals surface area contributed by atoms with Gasteiger partial charge in [-0.25, -0.2) is 4.79 Å². The molecule has 3 aromatic carbocycles. The van der Waals surface area contributed by atoms with Gasteiger partial charge in [-0.1, -0.05) is 30.7 Å². The first-order valence-electron chi connectivity index (χ1n) is 12.9. The molecule has 5 rings (SSSR count). The fourth-order valence-corrected chi connectivity index (χ4v) is 4.52. The largest absolute Gasteiger partial charge is 0.478 e. The molecule has 0 bridgehead atoms. The highest BCUT2D eigenvalue weighted by Gasteiger charge is 2.13. The molecule has 1 aliphatic heterocycles. The number of anilines is 2. The van der Waals surface area contributed by atoms with E-state index in [1.807, 2.05) is 48.5 Å². The van der Waals surface area contributed by atoms with E-state index < -0.39 is 0 Å². The Kier molecular flexibility index (Phi) is 8.10. The molecular weight excluding hydrogens is 478 g/mol.